The van der Waals surface area contributed by atoms with E-state index in [0.29, 0.717) is 24.0 Å². The average Bonchev–Trinajstić information content (AvgIpc) is 2.81. The molecule has 1 aliphatic rings. The minimum Gasteiger partial charge on any atom is -0.355 e. The molecule has 0 unspecified atom stereocenters. The van der Waals surface area contributed by atoms with Crippen LogP contribution in [0.3, 0.4) is 0 Å². The molecule has 1 aliphatic heterocycles. The topological polar surface area (TPSA) is 70.5 Å². The lowest BCUT2D eigenvalue weighted by Gasteiger charge is -2.34. The van der Waals surface area contributed by atoms with Crippen molar-refractivity contribution in [3.05, 3.63) is 76.8 Å². The normalized spacial score (nSPS) is 15.2. The van der Waals surface area contributed by atoms with Crippen molar-refractivity contribution in [3.63, 3.8) is 0 Å². The van der Waals surface area contributed by atoms with Crippen LogP contribution in [0.2, 0.25) is 0 Å². The van der Waals surface area contributed by atoms with Crippen molar-refractivity contribution in [2.24, 2.45) is 0 Å². The van der Waals surface area contributed by atoms with Crippen LogP contribution in [0.1, 0.15) is 12.0 Å². The number of nitrogens with one attached hydrogen (secondary N) is 1. The summed E-state index contributed by atoms with van der Waals surface area (Å²) in [5.41, 5.74) is 1.92. The monoisotopic (exact) mass is 419 g/mol. The molecule has 7 nitrogen and oxygen atoms in total. The number of aromatic nitrogens is 2. The van der Waals surface area contributed by atoms with Gasteiger partial charge in [-0.25, -0.2) is 4.98 Å². The Balaban J connectivity index is 1.15. The van der Waals surface area contributed by atoms with Crippen molar-refractivity contribution in [3.8, 4) is 0 Å². The van der Waals surface area contributed by atoms with Gasteiger partial charge in [-0.05, 0) is 17.7 Å². The lowest BCUT2D eigenvalue weighted by atomic mass is 10.2. The highest BCUT2D eigenvalue weighted by Crippen LogP contribution is 2.08. The Bertz CT molecular complexity index is 1060. The number of piperazine rings is 1. The Morgan fingerprint density at radius 1 is 0.903 bits per heavy atom. The molecule has 3 aromatic rings. The van der Waals surface area contributed by atoms with Gasteiger partial charge in [0.25, 0.3) is 5.56 Å². The van der Waals surface area contributed by atoms with E-state index >= 15 is 0 Å². The van der Waals surface area contributed by atoms with Gasteiger partial charge in [-0.15, -0.1) is 0 Å². The number of aryl methyl sites for hydroxylation is 1. The molecule has 0 bridgehead atoms. The summed E-state index contributed by atoms with van der Waals surface area (Å²) < 4.78 is 1.51. The standard InChI is InChI=1S/C24H29N5O2/c30-23(10-12-29-19-26-22-9-5-4-8-21(22)24(29)31)25-11-13-27-14-16-28(17-15-27)18-20-6-2-1-3-7-20/h1-9,19H,10-18H2,(H,25,30). The molecular formula is C24H29N5O2. The SMILES string of the molecule is O=C(CCn1cnc2ccccc2c1=O)NCCN1CCN(Cc2ccccc2)CC1. The zero-order valence-corrected chi connectivity index (χ0v) is 17.7. The number of carbonyl (C=O) groups excluding carboxylic acids is 1. The van der Waals surface area contributed by atoms with E-state index in [2.05, 4.69) is 44.4 Å². The lowest BCUT2D eigenvalue weighted by molar-refractivity contribution is -0.121. The van der Waals surface area contributed by atoms with E-state index in [4.69, 9.17) is 0 Å². The highest BCUT2D eigenvalue weighted by atomic mass is 16.1. The van der Waals surface area contributed by atoms with Gasteiger partial charge in [0.2, 0.25) is 5.91 Å². The van der Waals surface area contributed by atoms with Gasteiger partial charge >= 0.3 is 0 Å². The van der Waals surface area contributed by atoms with Gasteiger partial charge in [0, 0.05) is 58.8 Å². The minimum atomic E-state index is -0.105. The fraction of sp³-hybridized carbons (Fsp3) is 0.375. The Hall–Kier alpha value is -3.03. The molecule has 2 aromatic carbocycles. The maximum absolute atomic E-state index is 12.5. The number of amides is 1. The number of benzene rings is 2. The van der Waals surface area contributed by atoms with Crippen LogP contribution in [0.25, 0.3) is 10.9 Å². The maximum atomic E-state index is 12.5. The molecular weight excluding hydrogens is 390 g/mol. The molecule has 0 spiro atoms. The number of carbonyl (C=O) groups is 1. The number of rotatable bonds is 8. The Morgan fingerprint density at radius 3 is 2.42 bits per heavy atom. The molecule has 0 aliphatic carbocycles. The second-order valence-corrected chi connectivity index (χ2v) is 7.96. The van der Waals surface area contributed by atoms with Gasteiger partial charge in [0.1, 0.15) is 0 Å². The molecule has 1 aromatic heterocycles. The van der Waals surface area contributed by atoms with Crippen molar-refractivity contribution < 1.29 is 4.79 Å². The van der Waals surface area contributed by atoms with Gasteiger partial charge in [-0.3, -0.25) is 24.0 Å². The first-order valence-corrected chi connectivity index (χ1v) is 10.9. The summed E-state index contributed by atoms with van der Waals surface area (Å²) in [5.74, 6) is -0.0391. The number of hydrogen-bond donors (Lipinski definition) is 1. The van der Waals surface area contributed by atoms with Crippen LogP contribution in [-0.4, -0.2) is 64.5 Å². The van der Waals surface area contributed by atoms with Gasteiger partial charge in [-0.2, -0.15) is 0 Å². The van der Waals surface area contributed by atoms with Crippen molar-refractivity contribution >= 4 is 16.8 Å². The molecule has 0 saturated carbocycles. The van der Waals surface area contributed by atoms with Crippen LogP contribution < -0.4 is 10.9 Å². The van der Waals surface area contributed by atoms with E-state index in [1.807, 2.05) is 24.3 Å². The fourth-order valence-electron chi connectivity index (χ4n) is 3.94. The molecule has 1 N–H and O–H groups in total. The molecule has 0 atom stereocenters. The number of fused-ring (bicyclic) bond motifs is 1. The second kappa shape index (κ2) is 10.3. The van der Waals surface area contributed by atoms with Crippen LogP contribution in [0.15, 0.2) is 65.7 Å². The fourth-order valence-corrected chi connectivity index (χ4v) is 3.94. The van der Waals surface area contributed by atoms with Gasteiger partial charge < -0.3 is 5.32 Å². The average molecular weight is 420 g/mol. The van der Waals surface area contributed by atoms with E-state index in [1.54, 1.807) is 6.07 Å². The minimum absolute atomic E-state index is 0.0391. The van der Waals surface area contributed by atoms with Gasteiger partial charge in [-0.1, -0.05) is 42.5 Å². The smallest absolute Gasteiger partial charge is 0.261 e. The number of nitrogens with zero attached hydrogens (tertiary/aromatic N) is 4. The summed E-state index contributed by atoms with van der Waals surface area (Å²) in [6.07, 6.45) is 1.79. The third-order valence-corrected chi connectivity index (χ3v) is 5.78. The summed E-state index contributed by atoms with van der Waals surface area (Å²) >= 11 is 0. The van der Waals surface area contributed by atoms with Crippen LogP contribution in [0.4, 0.5) is 0 Å². The summed E-state index contributed by atoms with van der Waals surface area (Å²) in [6.45, 7) is 6.92. The summed E-state index contributed by atoms with van der Waals surface area (Å²) in [6, 6.07) is 17.8. The van der Waals surface area contributed by atoms with Gasteiger partial charge in [0.05, 0.1) is 17.2 Å². The summed E-state index contributed by atoms with van der Waals surface area (Å²) in [7, 11) is 0. The third-order valence-electron chi connectivity index (χ3n) is 5.78. The van der Waals surface area contributed by atoms with E-state index in [-0.39, 0.29) is 17.9 Å². The number of para-hydroxylation sites is 1. The first kappa shape index (κ1) is 21.2. The largest absolute Gasteiger partial charge is 0.355 e. The van der Waals surface area contributed by atoms with Crippen LogP contribution in [0, 0.1) is 0 Å². The van der Waals surface area contributed by atoms with Crippen molar-refractivity contribution in [1.82, 2.24) is 24.7 Å². The van der Waals surface area contributed by atoms with Crippen molar-refractivity contribution in [2.75, 3.05) is 39.3 Å². The van der Waals surface area contributed by atoms with E-state index in [0.717, 1.165) is 39.3 Å². The summed E-state index contributed by atoms with van der Waals surface area (Å²) in [5, 5.41) is 3.56. The molecule has 2 heterocycles. The molecule has 1 amide bonds. The molecule has 7 heteroatoms. The Labute approximate surface area is 182 Å². The van der Waals surface area contributed by atoms with Crippen LogP contribution >= 0.6 is 0 Å². The van der Waals surface area contributed by atoms with E-state index in [9.17, 15) is 9.59 Å². The zero-order valence-electron chi connectivity index (χ0n) is 17.7. The molecule has 1 saturated heterocycles. The lowest BCUT2D eigenvalue weighted by Crippen LogP contribution is -2.48. The van der Waals surface area contributed by atoms with Crippen molar-refractivity contribution in [1.29, 1.82) is 0 Å². The van der Waals surface area contributed by atoms with Crippen molar-refractivity contribution in [2.45, 2.75) is 19.5 Å². The zero-order chi connectivity index (χ0) is 21.5. The Kier molecular flexibility index (Phi) is 7.07. The third kappa shape index (κ3) is 5.77. The van der Waals surface area contributed by atoms with Crippen LogP contribution in [0.5, 0.6) is 0 Å². The number of hydrogen-bond acceptors (Lipinski definition) is 5. The second-order valence-electron chi connectivity index (χ2n) is 7.96. The first-order valence-electron chi connectivity index (χ1n) is 10.9. The van der Waals surface area contributed by atoms with Gasteiger partial charge in [0.15, 0.2) is 0 Å². The maximum Gasteiger partial charge on any atom is 0.261 e. The predicted octanol–water partition coefficient (Wildman–Crippen LogP) is 1.72. The van der Waals surface area contributed by atoms with Crippen LogP contribution in [-0.2, 0) is 17.9 Å². The Morgan fingerprint density at radius 2 is 1.61 bits per heavy atom. The predicted molar refractivity (Wildman–Crippen MR) is 122 cm³/mol. The molecule has 1 fully saturated rings. The first-order chi connectivity index (χ1) is 15.2. The molecule has 0 radical (unpaired) electrons. The highest BCUT2D eigenvalue weighted by molar-refractivity contribution is 5.77. The molecule has 4 rings (SSSR count). The van der Waals surface area contributed by atoms with E-state index in [1.165, 1.54) is 16.5 Å². The summed E-state index contributed by atoms with van der Waals surface area (Å²) in [4.78, 5) is 33.9. The molecule has 162 valence electrons. The highest BCUT2D eigenvalue weighted by Gasteiger charge is 2.16. The quantitative estimate of drug-likeness (QED) is 0.602. The molecule has 31 heavy (non-hydrogen) atoms. The van der Waals surface area contributed by atoms with E-state index < -0.39 is 0 Å².